The first-order valence-electron chi connectivity index (χ1n) is 4.80. The van der Waals surface area contributed by atoms with Crippen molar-refractivity contribution >= 4 is 11.8 Å². The maximum absolute atomic E-state index is 3.54. The molecule has 0 saturated carbocycles. The van der Waals surface area contributed by atoms with E-state index < -0.39 is 0 Å². The first-order valence-corrected chi connectivity index (χ1v) is 5.96. The predicted molar refractivity (Wildman–Crippen MR) is 59.0 cm³/mol. The molecule has 0 aromatic heterocycles. The molecule has 1 aliphatic rings. The third-order valence-electron chi connectivity index (χ3n) is 2.46. The van der Waals surface area contributed by atoms with E-state index in [0.717, 1.165) is 6.54 Å². The minimum atomic E-state index is 0.584. The maximum Gasteiger partial charge on any atom is 0.0417 e. The molecule has 0 amide bonds. The van der Waals surface area contributed by atoms with Crippen molar-refractivity contribution in [2.75, 3.05) is 11.5 Å². The van der Waals surface area contributed by atoms with Gasteiger partial charge in [-0.15, -0.1) is 0 Å². The summed E-state index contributed by atoms with van der Waals surface area (Å²) in [5.74, 6) is 2.41. The van der Waals surface area contributed by atoms with Crippen molar-refractivity contribution in [3.8, 4) is 0 Å². The van der Waals surface area contributed by atoms with Crippen molar-refractivity contribution in [2.45, 2.75) is 19.5 Å². The van der Waals surface area contributed by atoms with Crippen LogP contribution in [0.25, 0.3) is 0 Å². The van der Waals surface area contributed by atoms with Gasteiger partial charge in [0.25, 0.3) is 0 Å². The summed E-state index contributed by atoms with van der Waals surface area (Å²) in [5.41, 5.74) is 2.98. The molecule has 1 aromatic carbocycles. The summed E-state index contributed by atoms with van der Waals surface area (Å²) in [5, 5.41) is 3.54. The van der Waals surface area contributed by atoms with E-state index in [1.54, 1.807) is 0 Å². The zero-order valence-corrected chi connectivity index (χ0v) is 8.73. The van der Waals surface area contributed by atoms with E-state index in [9.17, 15) is 0 Å². The molecule has 0 fully saturated rings. The molecule has 0 radical (unpaired) electrons. The SMILES string of the molecule is CCSCC1NCc2ccccc21. The number of benzene rings is 1. The maximum atomic E-state index is 3.54. The molecule has 1 unspecified atom stereocenters. The van der Waals surface area contributed by atoms with E-state index in [4.69, 9.17) is 0 Å². The van der Waals surface area contributed by atoms with Crippen LogP contribution in [0.4, 0.5) is 0 Å². The molecule has 1 N–H and O–H groups in total. The largest absolute Gasteiger partial charge is 0.305 e. The number of nitrogens with one attached hydrogen (secondary N) is 1. The molecule has 1 aromatic rings. The van der Waals surface area contributed by atoms with Crippen LogP contribution < -0.4 is 5.32 Å². The lowest BCUT2D eigenvalue weighted by Gasteiger charge is -2.10. The number of rotatable bonds is 3. The Morgan fingerprint density at radius 2 is 2.31 bits per heavy atom. The van der Waals surface area contributed by atoms with Gasteiger partial charge < -0.3 is 5.32 Å². The van der Waals surface area contributed by atoms with Crippen LogP contribution in [0.1, 0.15) is 24.1 Å². The van der Waals surface area contributed by atoms with E-state index in [-0.39, 0.29) is 0 Å². The van der Waals surface area contributed by atoms with Crippen molar-refractivity contribution in [1.82, 2.24) is 5.32 Å². The molecule has 0 saturated heterocycles. The molecule has 1 heterocycles. The van der Waals surface area contributed by atoms with Gasteiger partial charge in [-0.2, -0.15) is 11.8 Å². The summed E-state index contributed by atoms with van der Waals surface area (Å²) in [6.45, 7) is 3.26. The highest BCUT2D eigenvalue weighted by molar-refractivity contribution is 7.99. The number of fused-ring (bicyclic) bond motifs is 1. The minimum absolute atomic E-state index is 0.584. The minimum Gasteiger partial charge on any atom is -0.305 e. The van der Waals surface area contributed by atoms with Gasteiger partial charge in [0.15, 0.2) is 0 Å². The molecule has 0 bridgehead atoms. The van der Waals surface area contributed by atoms with Gasteiger partial charge in [-0.1, -0.05) is 31.2 Å². The van der Waals surface area contributed by atoms with Crippen LogP contribution in [0, 0.1) is 0 Å². The van der Waals surface area contributed by atoms with E-state index in [1.807, 2.05) is 11.8 Å². The molecule has 70 valence electrons. The Bertz CT molecular complexity index is 285. The van der Waals surface area contributed by atoms with Crippen molar-refractivity contribution in [1.29, 1.82) is 0 Å². The molecular weight excluding hydrogens is 178 g/mol. The quantitative estimate of drug-likeness (QED) is 0.792. The molecule has 1 nitrogen and oxygen atoms in total. The third kappa shape index (κ3) is 1.89. The molecule has 2 rings (SSSR count). The summed E-state index contributed by atoms with van der Waals surface area (Å²) < 4.78 is 0. The number of thioether (sulfide) groups is 1. The Hall–Kier alpha value is -0.470. The summed E-state index contributed by atoms with van der Waals surface area (Å²) in [4.78, 5) is 0. The lowest BCUT2D eigenvalue weighted by molar-refractivity contribution is 0.642. The molecule has 1 atom stereocenters. The molecule has 13 heavy (non-hydrogen) atoms. The van der Waals surface area contributed by atoms with E-state index in [1.165, 1.54) is 22.6 Å². The Morgan fingerprint density at radius 3 is 3.15 bits per heavy atom. The highest BCUT2D eigenvalue weighted by Gasteiger charge is 2.20. The first-order chi connectivity index (χ1) is 6.42. The zero-order valence-electron chi connectivity index (χ0n) is 7.92. The van der Waals surface area contributed by atoms with Gasteiger partial charge >= 0.3 is 0 Å². The Labute approximate surface area is 83.9 Å². The summed E-state index contributed by atoms with van der Waals surface area (Å²) in [6.07, 6.45) is 0. The Balaban J connectivity index is 2.09. The van der Waals surface area contributed by atoms with Crippen LogP contribution in [-0.2, 0) is 6.54 Å². The lowest BCUT2D eigenvalue weighted by Crippen LogP contribution is -2.14. The second-order valence-corrected chi connectivity index (χ2v) is 4.61. The van der Waals surface area contributed by atoms with Gasteiger partial charge in [0, 0.05) is 18.3 Å². The third-order valence-corrected chi connectivity index (χ3v) is 3.44. The van der Waals surface area contributed by atoms with E-state index in [0.29, 0.717) is 6.04 Å². The fourth-order valence-corrected chi connectivity index (χ4v) is 2.53. The van der Waals surface area contributed by atoms with Gasteiger partial charge in [0.2, 0.25) is 0 Å². The van der Waals surface area contributed by atoms with Crippen molar-refractivity contribution in [3.63, 3.8) is 0 Å². The normalized spacial score (nSPS) is 20.2. The molecule has 0 spiro atoms. The van der Waals surface area contributed by atoms with Crippen LogP contribution in [0.15, 0.2) is 24.3 Å². The van der Waals surface area contributed by atoms with Gasteiger partial charge in [-0.05, 0) is 16.9 Å². The van der Waals surface area contributed by atoms with Gasteiger partial charge in [-0.3, -0.25) is 0 Å². The summed E-state index contributed by atoms with van der Waals surface area (Å²) in [6, 6.07) is 9.31. The van der Waals surface area contributed by atoms with Crippen LogP contribution in [0.2, 0.25) is 0 Å². The second-order valence-electron chi connectivity index (χ2n) is 3.29. The average molecular weight is 193 g/mol. The van der Waals surface area contributed by atoms with Crippen molar-refractivity contribution < 1.29 is 0 Å². The highest BCUT2D eigenvalue weighted by atomic mass is 32.2. The first kappa shape index (κ1) is 9.10. The Kier molecular flexibility index (Phi) is 2.91. The lowest BCUT2D eigenvalue weighted by atomic mass is 10.1. The van der Waals surface area contributed by atoms with Gasteiger partial charge in [0.1, 0.15) is 0 Å². The van der Waals surface area contributed by atoms with Crippen LogP contribution in [0.3, 0.4) is 0 Å². The van der Waals surface area contributed by atoms with Crippen molar-refractivity contribution in [3.05, 3.63) is 35.4 Å². The monoisotopic (exact) mass is 193 g/mol. The molecule has 1 aliphatic heterocycles. The van der Waals surface area contributed by atoms with Crippen LogP contribution >= 0.6 is 11.8 Å². The van der Waals surface area contributed by atoms with Gasteiger partial charge in [-0.25, -0.2) is 0 Å². The standard InChI is InChI=1S/C11H15NS/c1-2-13-8-11-10-6-4-3-5-9(10)7-12-11/h3-6,11-12H,2,7-8H2,1H3. The Morgan fingerprint density at radius 1 is 1.46 bits per heavy atom. The van der Waals surface area contributed by atoms with Gasteiger partial charge in [0.05, 0.1) is 0 Å². The number of hydrogen-bond acceptors (Lipinski definition) is 2. The highest BCUT2D eigenvalue weighted by Crippen LogP contribution is 2.27. The topological polar surface area (TPSA) is 12.0 Å². The fraction of sp³-hybridized carbons (Fsp3) is 0.455. The van der Waals surface area contributed by atoms with E-state index in [2.05, 4.69) is 36.5 Å². The summed E-state index contributed by atoms with van der Waals surface area (Å²) >= 11 is 2.01. The smallest absolute Gasteiger partial charge is 0.0417 e. The number of hydrogen-bond donors (Lipinski definition) is 1. The molecule has 0 aliphatic carbocycles. The fourth-order valence-electron chi connectivity index (χ4n) is 1.76. The van der Waals surface area contributed by atoms with Crippen molar-refractivity contribution in [2.24, 2.45) is 0 Å². The second kappa shape index (κ2) is 4.16. The predicted octanol–water partition coefficient (Wildman–Crippen LogP) is 2.58. The van der Waals surface area contributed by atoms with Crippen LogP contribution in [0.5, 0.6) is 0 Å². The zero-order chi connectivity index (χ0) is 9.10. The van der Waals surface area contributed by atoms with Crippen LogP contribution in [-0.4, -0.2) is 11.5 Å². The summed E-state index contributed by atoms with van der Waals surface area (Å²) in [7, 11) is 0. The van der Waals surface area contributed by atoms with E-state index >= 15 is 0 Å². The molecule has 2 heteroatoms. The molecular formula is C11H15NS. The average Bonchev–Trinajstić information content (AvgIpc) is 2.58.